The molecule has 0 aliphatic heterocycles. The molecule has 2 nitrogen and oxygen atoms in total. The molecular formula is C20H26FeO2S2+. The number of hydrogen-bond donors (Lipinski definition) is 1. The van der Waals surface area contributed by atoms with Gasteiger partial charge in [0.1, 0.15) is 0 Å². The molecule has 2 aliphatic carbocycles. The summed E-state index contributed by atoms with van der Waals surface area (Å²) in [7, 11) is 0. The SMILES string of the molecule is O=C(O)CCCCC(CCSCC1=CC=C[C]1=[Fe+])SCC1=CCC=C1. The Labute approximate surface area is 167 Å². The first-order chi connectivity index (χ1) is 12.1. The van der Waals surface area contributed by atoms with E-state index in [9.17, 15) is 4.79 Å². The van der Waals surface area contributed by atoms with Gasteiger partial charge in [-0.15, -0.1) is 0 Å². The first-order valence-corrected chi connectivity index (χ1v) is 11.6. The van der Waals surface area contributed by atoms with E-state index in [4.69, 9.17) is 5.11 Å². The molecule has 0 aromatic heterocycles. The molecule has 0 fully saturated rings. The van der Waals surface area contributed by atoms with Gasteiger partial charge in [0.2, 0.25) is 0 Å². The van der Waals surface area contributed by atoms with Crippen LogP contribution in [0.1, 0.15) is 38.5 Å². The van der Waals surface area contributed by atoms with Crippen LogP contribution in [-0.4, -0.2) is 38.0 Å². The number of carbonyl (C=O) groups is 1. The van der Waals surface area contributed by atoms with Gasteiger partial charge in [-0.05, 0) is 0 Å². The molecule has 5 heteroatoms. The van der Waals surface area contributed by atoms with Gasteiger partial charge in [0.15, 0.2) is 0 Å². The molecule has 0 aromatic rings. The van der Waals surface area contributed by atoms with Crippen LogP contribution >= 0.6 is 23.5 Å². The molecule has 1 N–H and O–H groups in total. The van der Waals surface area contributed by atoms with Crippen LogP contribution in [-0.2, 0) is 20.4 Å². The molecule has 25 heavy (non-hydrogen) atoms. The molecule has 2 aliphatic rings. The molecule has 0 bridgehead atoms. The summed E-state index contributed by atoms with van der Waals surface area (Å²) in [6.07, 6.45) is 18.5. The van der Waals surface area contributed by atoms with Crippen molar-refractivity contribution in [3.8, 4) is 0 Å². The van der Waals surface area contributed by atoms with E-state index in [1.165, 1.54) is 17.6 Å². The van der Waals surface area contributed by atoms with E-state index < -0.39 is 5.97 Å². The third kappa shape index (κ3) is 8.63. The van der Waals surface area contributed by atoms with Crippen molar-refractivity contribution in [2.24, 2.45) is 0 Å². The fourth-order valence-electron chi connectivity index (χ4n) is 2.73. The summed E-state index contributed by atoms with van der Waals surface area (Å²) in [6, 6.07) is 0. The van der Waals surface area contributed by atoms with Crippen molar-refractivity contribution in [1.82, 2.24) is 0 Å². The molecule has 1 atom stereocenters. The first kappa shape index (κ1) is 20.8. The van der Waals surface area contributed by atoms with Gasteiger partial charge in [-0.2, -0.15) is 0 Å². The maximum atomic E-state index is 10.7. The standard InChI is InChI=1S/C20H26O2S2.Fe/c21-20(22)12-6-5-11-19(24-16-18-9-3-4-10-18)13-14-23-15-17-7-1-2-8-17;/h1-3,7,9-10,19H,4-6,11-16H2,(H,21,22);/q;+1. The Bertz CT molecular complexity index is 591. The van der Waals surface area contributed by atoms with Gasteiger partial charge in [-0.25, -0.2) is 0 Å². The molecule has 0 amide bonds. The van der Waals surface area contributed by atoms with Crippen molar-refractivity contribution < 1.29 is 25.5 Å². The molecule has 2 rings (SSSR count). The molecule has 1 unspecified atom stereocenters. The first-order valence-electron chi connectivity index (χ1n) is 8.80. The summed E-state index contributed by atoms with van der Waals surface area (Å²) in [5.74, 6) is 2.59. The quantitative estimate of drug-likeness (QED) is 0.339. The summed E-state index contributed by atoms with van der Waals surface area (Å²) < 4.78 is 1.15. The molecule has 0 aromatic carbocycles. The molecule has 0 saturated carbocycles. The van der Waals surface area contributed by atoms with Crippen LogP contribution < -0.4 is 0 Å². The average Bonchev–Trinajstić information content (AvgIpc) is 3.24. The van der Waals surface area contributed by atoms with E-state index in [2.05, 4.69) is 52.0 Å². The second kappa shape index (κ2) is 12.0. The Morgan fingerprint density at radius 1 is 1.24 bits per heavy atom. The van der Waals surface area contributed by atoms with Crippen molar-refractivity contribution in [2.75, 3.05) is 17.3 Å². The Hall–Kier alpha value is -0.481. The fraction of sp³-hybridized carbons (Fsp3) is 0.500. The van der Waals surface area contributed by atoms with Crippen LogP contribution in [0.3, 0.4) is 0 Å². The van der Waals surface area contributed by atoms with Crippen LogP contribution in [0, 0.1) is 0 Å². The summed E-state index contributed by atoms with van der Waals surface area (Å²) in [4.78, 5) is 10.7. The summed E-state index contributed by atoms with van der Waals surface area (Å²) in [5, 5.41) is 9.40. The summed E-state index contributed by atoms with van der Waals surface area (Å²) in [5.41, 5.74) is 2.78. The number of rotatable bonds is 13. The zero-order chi connectivity index (χ0) is 17.9. The van der Waals surface area contributed by atoms with Crippen molar-refractivity contribution in [3.63, 3.8) is 0 Å². The Kier molecular flexibility index (Phi) is 10.0. The van der Waals surface area contributed by atoms with Crippen LogP contribution in [0.4, 0.5) is 0 Å². The fourth-order valence-corrected chi connectivity index (χ4v) is 5.62. The van der Waals surface area contributed by atoms with Gasteiger partial charge in [-0.1, -0.05) is 0 Å². The molecule has 0 radical (unpaired) electrons. The molecule has 0 heterocycles. The van der Waals surface area contributed by atoms with E-state index in [-0.39, 0.29) is 0 Å². The molecular weight excluding hydrogens is 392 g/mol. The number of allylic oxidation sites excluding steroid dienone is 6. The predicted molar refractivity (Wildman–Crippen MR) is 108 cm³/mol. The monoisotopic (exact) mass is 418 g/mol. The predicted octanol–water partition coefficient (Wildman–Crippen LogP) is 4.96. The van der Waals surface area contributed by atoms with Gasteiger partial charge in [0, 0.05) is 0 Å². The van der Waals surface area contributed by atoms with Crippen molar-refractivity contribution in [1.29, 1.82) is 0 Å². The van der Waals surface area contributed by atoms with Crippen LogP contribution in [0.15, 0.2) is 47.6 Å². The topological polar surface area (TPSA) is 37.3 Å². The number of hydrogen-bond acceptors (Lipinski definition) is 3. The second-order valence-electron chi connectivity index (χ2n) is 6.22. The summed E-state index contributed by atoms with van der Waals surface area (Å²) in [6.45, 7) is 0. The third-order valence-electron chi connectivity index (χ3n) is 4.18. The van der Waals surface area contributed by atoms with Crippen LogP contribution in [0.2, 0.25) is 0 Å². The van der Waals surface area contributed by atoms with E-state index in [0.29, 0.717) is 11.7 Å². The van der Waals surface area contributed by atoms with Crippen molar-refractivity contribution in [2.45, 2.75) is 43.8 Å². The summed E-state index contributed by atoms with van der Waals surface area (Å²) >= 11 is 8.07. The number of carboxylic acid groups (broad SMARTS) is 1. The Balaban J connectivity index is 1.67. The zero-order valence-electron chi connectivity index (χ0n) is 14.4. The van der Waals surface area contributed by atoms with Crippen LogP contribution in [0.5, 0.6) is 0 Å². The van der Waals surface area contributed by atoms with Gasteiger partial charge >= 0.3 is 158 Å². The normalized spacial score (nSPS) is 17.0. The van der Waals surface area contributed by atoms with Crippen molar-refractivity contribution in [3.05, 3.63) is 47.6 Å². The number of carboxylic acids is 1. The molecule has 137 valence electrons. The third-order valence-corrected chi connectivity index (χ3v) is 7.20. The average molecular weight is 418 g/mol. The molecule has 0 saturated heterocycles. The minimum atomic E-state index is -0.681. The van der Waals surface area contributed by atoms with Crippen molar-refractivity contribution >= 4 is 33.9 Å². The van der Waals surface area contributed by atoms with E-state index >= 15 is 0 Å². The van der Waals surface area contributed by atoms with Gasteiger partial charge in [0.05, 0.1) is 0 Å². The second-order valence-corrected chi connectivity index (χ2v) is 9.21. The van der Waals surface area contributed by atoms with Crippen LogP contribution in [0.25, 0.3) is 0 Å². The number of aliphatic carboxylic acids is 1. The number of thioether (sulfide) groups is 2. The van der Waals surface area contributed by atoms with E-state index in [1.807, 2.05) is 23.5 Å². The minimum absolute atomic E-state index is 0.295. The van der Waals surface area contributed by atoms with E-state index in [1.54, 1.807) is 0 Å². The zero-order valence-corrected chi connectivity index (χ0v) is 17.2. The maximum absolute atomic E-state index is 10.7. The van der Waals surface area contributed by atoms with Gasteiger partial charge in [-0.3, -0.25) is 4.79 Å². The Morgan fingerprint density at radius 2 is 2.12 bits per heavy atom. The Morgan fingerprint density at radius 3 is 2.80 bits per heavy atom. The number of unbranched alkanes of at least 4 members (excludes halogenated alkanes) is 1. The van der Waals surface area contributed by atoms with Gasteiger partial charge < -0.3 is 5.11 Å². The molecule has 0 spiro atoms. The van der Waals surface area contributed by atoms with E-state index in [0.717, 1.165) is 47.4 Å². The van der Waals surface area contributed by atoms with Gasteiger partial charge in [0.25, 0.3) is 0 Å².